The smallest absolute Gasteiger partial charge is 0.225 e. The molecule has 18 heavy (non-hydrogen) atoms. The van der Waals surface area contributed by atoms with Crippen molar-refractivity contribution in [2.45, 2.75) is 13.0 Å². The first kappa shape index (κ1) is 11.7. The average molecular weight is 352 g/mol. The summed E-state index contributed by atoms with van der Waals surface area (Å²) in [5, 5.41) is 0. The van der Waals surface area contributed by atoms with Crippen molar-refractivity contribution in [3.8, 4) is 0 Å². The molecule has 2 aromatic rings. The van der Waals surface area contributed by atoms with Crippen LogP contribution in [0.4, 0.5) is 11.6 Å². The van der Waals surface area contributed by atoms with E-state index in [2.05, 4.69) is 43.5 Å². The maximum absolute atomic E-state index is 5.99. The van der Waals surface area contributed by atoms with Gasteiger partial charge in [0.2, 0.25) is 5.95 Å². The van der Waals surface area contributed by atoms with Gasteiger partial charge in [-0.25, -0.2) is 9.97 Å². The van der Waals surface area contributed by atoms with Crippen molar-refractivity contribution in [3.63, 3.8) is 0 Å². The van der Waals surface area contributed by atoms with Gasteiger partial charge in [-0.2, -0.15) is 0 Å². The molecule has 0 bridgehead atoms. The van der Waals surface area contributed by atoms with E-state index in [1.807, 2.05) is 24.5 Å². The number of halogens is 1. The predicted molar refractivity (Wildman–Crippen MR) is 80.4 cm³/mol. The van der Waals surface area contributed by atoms with Gasteiger partial charge in [0, 0.05) is 34.7 Å². The van der Waals surface area contributed by atoms with Crippen molar-refractivity contribution >= 4 is 34.2 Å². The van der Waals surface area contributed by atoms with Crippen LogP contribution in [0.5, 0.6) is 0 Å². The van der Waals surface area contributed by atoms with Crippen LogP contribution in [0.2, 0.25) is 0 Å². The number of nitrogens with zero attached hydrogens (tertiary/aromatic N) is 3. The molecule has 0 saturated heterocycles. The van der Waals surface area contributed by atoms with Crippen molar-refractivity contribution in [1.29, 1.82) is 0 Å². The quantitative estimate of drug-likeness (QED) is 0.632. The minimum atomic E-state index is 0.795. The minimum absolute atomic E-state index is 0.795. The van der Waals surface area contributed by atoms with Crippen molar-refractivity contribution in [1.82, 2.24) is 9.97 Å². The van der Waals surface area contributed by atoms with Crippen LogP contribution in [0.3, 0.4) is 0 Å². The zero-order valence-electron chi connectivity index (χ0n) is 9.81. The highest BCUT2D eigenvalue weighted by atomic mass is 127. The minimum Gasteiger partial charge on any atom is -0.398 e. The van der Waals surface area contributed by atoms with Crippen molar-refractivity contribution in [2.24, 2.45) is 0 Å². The largest absolute Gasteiger partial charge is 0.398 e. The summed E-state index contributed by atoms with van der Waals surface area (Å²) in [7, 11) is 0. The van der Waals surface area contributed by atoms with Gasteiger partial charge in [-0.15, -0.1) is 0 Å². The van der Waals surface area contributed by atoms with Crippen LogP contribution >= 0.6 is 22.6 Å². The van der Waals surface area contributed by atoms with E-state index in [0.717, 1.165) is 34.7 Å². The van der Waals surface area contributed by atoms with E-state index in [1.54, 1.807) is 0 Å². The number of rotatable bonds is 1. The van der Waals surface area contributed by atoms with E-state index < -0.39 is 0 Å². The summed E-state index contributed by atoms with van der Waals surface area (Å²) in [6, 6.07) is 6.10. The van der Waals surface area contributed by atoms with Crippen molar-refractivity contribution in [2.75, 3.05) is 17.2 Å². The lowest BCUT2D eigenvalue weighted by atomic mass is 9.98. The number of nitrogen functional groups attached to an aromatic ring is 1. The monoisotopic (exact) mass is 352 g/mol. The number of fused-ring (bicyclic) bond motifs is 1. The summed E-state index contributed by atoms with van der Waals surface area (Å²) >= 11 is 2.21. The van der Waals surface area contributed by atoms with E-state index in [1.165, 1.54) is 11.1 Å². The summed E-state index contributed by atoms with van der Waals surface area (Å²) in [4.78, 5) is 10.9. The number of nitrogens with two attached hydrogens (primary N) is 1. The zero-order valence-corrected chi connectivity index (χ0v) is 12.0. The second-order valence-electron chi connectivity index (χ2n) is 4.36. The molecule has 5 heteroatoms. The summed E-state index contributed by atoms with van der Waals surface area (Å²) in [6.07, 6.45) is 4.65. The average Bonchev–Trinajstić information content (AvgIpc) is 2.39. The number of benzene rings is 1. The molecule has 1 aliphatic rings. The Morgan fingerprint density at radius 2 is 2.00 bits per heavy atom. The molecule has 92 valence electrons. The number of hydrogen-bond acceptors (Lipinski definition) is 4. The van der Waals surface area contributed by atoms with Gasteiger partial charge >= 0.3 is 0 Å². The summed E-state index contributed by atoms with van der Waals surface area (Å²) in [5.74, 6) is 0.795. The maximum atomic E-state index is 5.99. The molecule has 0 spiro atoms. The first-order valence-electron chi connectivity index (χ1n) is 5.83. The third-order valence-corrected chi connectivity index (χ3v) is 3.75. The van der Waals surface area contributed by atoms with E-state index in [4.69, 9.17) is 5.73 Å². The van der Waals surface area contributed by atoms with E-state index in [-0.39, 0.29) is 0 Å². The van der Waals surface area contributed by atoms with Gasteiger partial charge in [0.1, 0.15) is 0 Å². The van der Waals surface area contributed by atoms with Crippen molar-refractivity contribution in [3.05, 3.63) is 45.3 Å². The third-order valence-electron chi connectivity index (χ3n) is 3.19. The molecule has 1 aromatic heterocycles. The predicted octanol–water partition coefficient (Wildman–Crippen LogP) is 2.23. The molecule has 2 heterocycles. The van der Waals surface area contributed by atoms with Crippen LogP contribution in [0, 0.1) is 3.57 Å². The van der Waals surface area contributed by atoms with Gasteiger partial charge < -0.3 is 10.6 Å². The molecule has 0 unspecified atom stereocenters. The van der Waals surface area contributed by atoms with Gasteiger partial charge in [0.15, 0.2) is 0 Å². The first-order chi connectivity index (χ1) is 8.74. The van der Waals surface area contributed by atoms with Gasteiger partial charge in [0.05, 0.1) is 0 Å². The highest BCUT2D eigenvalue weighted by molar-refractivity contribution is 14.1. The highest BCUT2D eigenvalue weighted by Gasteiger charge is 2.19. The lowest BCUT2D eigenvalue weighted by Gasteiger charge is -2.29. The Morgan fingerprint density at radius 1 is 1.22 bits per heavy atom. The molecule has 0 aliphatic carbocycles. The normalized spacial score (nSPS) is 14.4. The SMILES string of the molecule is Nc1cccc2c1CCN(c1ncc(I)cn1)C2. The Balaban J connectivity index is 1.89. The Labute approximate surface area is 119 Å². The van der Waals surface area contributed by atoms with E-state index in [0.29, 0.717) is 0 Å². The number of anilines is 2. The van der Waals surface area contributed by atoms with Crippen LogP contribution in [-0.2, 0) is 13.0 Å². The Bertz CT molecular complexity index is 568. The molecular formula is C13H13IN4. The summed E-state index contributed by atoms with van der Waals surface area (Å²) in [6.45, 7) is 1.75. The Morgan fingerprint density at radius 3 is 2.78 bits per heavy atom. The first-order valence-corrected chi connectivity index (χ1v) is 6.90. The lowest BCUT2D eigenvalue weighted by Crippen LogP contribution is -2.32. The summed E-state index contributed by atoms with van der Waals surface area (Å²) in [5.41, 5.74) is 9.45. The fraction of sp³-hybridized carbons (Fsp3) is 0.231. The fourth-order valence-electron chi connectivity index (χ4n) is 2.28. The third kappa shape index (κ3) is 2.14. The van der Waals surface area contributed by atoms with Crippen molar-refractivity contribution < 1.29 is 0 Å². The molecule has 1 aromatic carbocycles. The molecule has 0 radical (unpaired) electrons. The molecule has 4 nitrogen and oxygen atoms in total. The van der Waals surface area contributed by atoms with Gasteiger partial charge in [-0.3, -0.25) is 0 Å². The van der Waals surface area contributed by atoms with Gasteiger partial charge in [-0.1, -0.05) is 12.1 Å². The lowest BCUT2D eigenvalue weighted by molar-refractivity contribution is 0.708. The van der Waals surface area contributed by atoms with Gasteiger partial charge in [0.25, 0.3) is 0 Å². The van der Waals surface area contributed by atoms with Crippen LogP contribution in [0.25, 0.3) is 0 Å². The number of hydrogen-bond donors (Lipinski definition) is 1. The standard InChI is InChI=1S/C13H13IN4/c14-10-6-16-13(17-7-10)18-5-4-11-9(8-18)2-1-3-12(11)15/h1-3,6-7H,4-5,8,15H2. The molecular weight excluding hydrogens is 339 g/mol. The molecule has 0 atom stereocenters. The van der Waals surface area contributed by atoms with Crippen LogP contribution < -0.4 is 10.6 Å². The van der Waals surface area contributed by atoms with Crippen LogP contribution in [0.15, 0.2) is 30.6 Å². The second kappa shape index (κ2) is 4.72. The van der Waals surface area contributed by atoms with Crippen LogP contribution in [-0.4, -0.2) is 16.5 Å². The van der Waals surface area contributed by atoms with Gasteiger partial charge in [-0.05, 0) is 46.2 Å². The molecule has 0 fully saturated rings. The van der Waals surface area contributed by atoms with E-state index in [9.17, 15) is 0 Å². The number of aromatic nitrogens is 2. The molecule has 1 aliphatic heterocycles. The Hall–Kier alpha value is -1.37. The Kier molecular flexibility index (Phi) is 3.07. The van der Waals surface area contributed by atoms with E-state index >= 15 is 0 Å². The molecule has 0 saturated carbocycles. The molecule has 2 N–H and O–H groups in total. The highest BCUT2D eigenvalue weighted by Crippen LogP contribution is 2.25. The van der Waals surface area contributed by atoms with Crippen LogP contribution in [0.1, 0.15) is 11.1 Å². The second-order valence-corrected chi connectivity index (χ2v) is 5.60. The zero-order chi connectivity index (χ0) is 12.5. The molecule has 0 amide bonds. The molecule has 3 rings (SSSR count). The topological polar surface area (TPSA) is 55.0 Å². The summed E-state index contributed by atoms with van der Waals surface area (Å²) < 4.78 is 1.05. The fourth-order valence-corrected chi connectivity index (χ4v) is 2.56. The maximum Gasteiger partial charge on any atom is 0.225 e.